The zero-order chi connectivity index (χ0) is 23.6. The van der Waals surface area contributed by atoms with E-state index >= 15 is 0 Å². The normalized spacial score (nSPS) is 17.2. The predicted octanol–water partition coefficient (Wildman–Crippen LogP) is 6.72. The molecular formula is C27H26ClNO4. The molecule has 1 fully saturated rings. The number of aliphatic hydroxyl groups is 1. The van der Waals surface area contributed by atoms with Gasteiger partial charge in [-0.15, -0.1) is 0 Å². The maximum atomic E-state index is 12.8. The number of benzene rings is 2. The van der Waals surface area contributed by atoms with Crippen LogP contribution in [0.1, 0.15) is 72.9 Å². The lowest BCUT2D eigenvalue weighted by molar-refractivity contribution is -0.149. The molecule has 4 rings (SSSR count). The highest BCUT2D eigenvalue weighted by molar-refractivity contribution is 6.34. The minimum absolute atomic E-state index is 0.0156. The number of carbonyl (C=O) groups is 2. The Hall–Kier alpha value is -3.10. The van der Waals surface area contributed by atoms with Crippen molar-refractivity contribution in [2.24, 2.45) is 0 Å². The standard InChI is InChI=1S/C27H26ClNO4/c1-17-14-21(18-8-7-9-19(15-18)23(30)10-3-6-13-29)22(28)16-20(17)24-25(31)27(33-26(24)32)11-4-2-5-12-27/h7-9,14-16,31H,2-6,10-12H2,1H3. The summed E-state index contributed by atoms with van der Waals surface area (Å²) in [6.07, 6.45) is 5.36. The number of unbranched alkanes of at least 4 members (excludes halogenated alkanes) is 1. The maximum Gasteiger partial charge on any atom is 0.343 e. The number of Topliss-reactive ketones (excluding diaryl/α,β-unsaturated/α-hetero) is 1. The van der Waals surface area contributed by atoms with E-state index in [2.05, 4.69) is 6.07 Å². The summed E-state index contributed by atoms with van der Waals surface area (Å²) in [7, 11) is 0. The Morgan fingerprint density at radius 1 is 1.18 bits per heavy atom. The summed E-state index contributed by atoms with van der Waals surface area (Å²) in [4.78, 5) is 25.2. The van der Waals surface area contributed by atoms with Crippen LogP contribution in [0.4, 0.5) is 0 Å². The first-order valence-corrected chi connectivity index (χ1v) is 11.7. The number of ketones is 1. The number of ether oxygens (including phenoxy) is 1. The number of aliphatic hydroxyl groups excluding tert-OH is 1. The number of halogens is 1. The Morgan fingerprint density at radius 2 is 1.94 bits per heavy atom. The van der Waals surface area contributed by atoms with Gasteiger partial charge in [0.25, 0.3) is 0 Å². The maximum absolute atomic E-state index is 12.8. The number of aryl methyl sites for hydroxylation is 1. The fourth-order valence-corrected chi connectivity index (χ4v) is 5.08. The zero-order valence-corrected chi connectivity index (χ0v) is 19.4. The molecular weight excluding hydrogens is 438 g/mol. The smallest absolute Gasteiger partial charge is 0.343 e. The van der Waals surface area contributed by atoms with Crippen molar-refractivity contribution >= 4 is 28.9 Å². The van der Waals surface area contributed by atoms with Crippen LogP contribution in [0.5, 0.6) is 0 Å². The molecule has 2 aromatic carbocycles. The van der Waals surface area contributed by atoms with Crippen LogP contribution in [0.3, 0.4) is 0 Å². The molecule has 6 heteroatoms. The van der Waals surface area contributed by atoms with Crippen LogP contribution >= 0.6 is 11.6 Å². The van der Waals surface area contributed by atoms with Gasteiger partial charge in [0.2, 0.25) is 0 Å². The third-order valence-corrected chi connectivity index (χ3v) is 6.91. The number of hydrogen-bond donors (Lipinski definition) is 1. The van der Waals surface area contributed by atoms with Crippen LogP contribution in [-0.2, 0) is 9.53 Å². The fraction of sp³-hybridized carbons (Fsp3) is 0.370. The van der Waals surface area contributed by atoms with Crippen molar-refractivity contribution in [2.75, 3.05) is 0 Å². The monoisotopic (exact) mass is 463 g/mol. The SMILES string of the molecule is Cc1cc(-c2cccc(C(=O)CCCC#N)c2)c(Cl)cc1C1=C(O)C2(CCCCC2)OC1=O. The average Bonchev–Trinajstić information content (AvgIpc) is 3.04. The second-order valence-corrected chi connectivity index (χ2v) is 9.24. The lowest BCUT2D eigenvalue weighted by atomic mass is 9.82. The van der Waals surface area contributed by atoms with E-state index in [0.717, 1.165) is 36.0 Å². The van der Waals surface area contributed by atoms with Crippen molar-refractivity contribution in [1.29, 1.82) is 5.26 Å². The highest BCUT2D eigenvalue weighted by Gasteiger charge is 2.49. The highest BCUT2D eigenvalue weighted by atomic mass is 35.5. The first kappa shape index (κ1) is 23.1. The van der Waals surface area contributed by atoms with Gasteiger partial charge in [-0.05, 0) is 73.9 Å². The topological polar surface area (TPSA) is 87.4 Å². The summed E-state index contributed by atoms with van der Waals surface area (Å²) in [6, 6.07) is 12.9. The van der Waals surface area contributed by atoms with E-state index in [-0.39, 0.29) is 17.1 Å². The third-order valence-electron chi connectivity index (χ3n) is 6.59. The number of nitriles is 1. The number of rotatable bonds is 6. The average molecular weight is 464 g/mol. The Kier molecular flexibility index (Phi) is 6.58. The molecule has 5 nitrogen and oxygen atoms in total. The number of nitrogens with zero attached hydrogens (tertiary/aromatic N) is 1. The molecule has 2 aliphatic rings. The highest BCUT2D eigenvalue weighted by Crippen LogP contribution is 2.46. The minimum Gasteiger partial charge on any atom is -0.507 e. The van der Waals surface area contributed by atoms with Gasteiger partial charge in [0.05, 0.1) is 6.07 Å². The molecule has 1 aliphatic heterocycles. The van der Waals surface area contributed by atoms with Crippen molar-refractivity contribution in [3.63, 3.8) is 0 Å². The van der Waals surface area contributed by atoms with Crippen molar-refractivity contribution in [1.82, 2.24) is 0 Å². The van der Waals surface area contributed by atoms with E-state index in [9.17, 15) is 14.7 Å². The van der Waals surface area contributed by atoms with Gasteiger partial charge in [-0.1, -0.05) is 36.2 Å². The molecule has 1 N–H and O–H groups in total. The quantitative estimate of drug-likeness (QED) is 0.292. The van der Waals surface area contributed by atoms with Gasteiger partial charge in [-0.2, -0.15) is 5.26 Å². The molecule has 1 aliphatic carbocycles. The zero-order valence-electron chi connectivity index (χ0n) is 18.6. The van der Waals surface area contributed by atoms with E-state index in [1.54, 1.807) is 18.2 Å². The summed E-state index contributed by atoms with van der Waals surface area (Å²) in [5.74, 6) is -0.506. The molecule has 0 saturated heterocycles. The molecule has 0 amide bonds. The second-order valence-electron chi connectivity index (χ2n) is 8.83. The number of carbonyl (C=O) groups excluding carboxylic acids is 2. The molecule has 0 bridgehead atoms. The van der Waals surface area contributed by atoms with Gasteiger partial charge in [0, 0.05) is 29.0 Å². The van der Waals surface area contributed by atoms with E-state index in [1.165, 1.54) is 0 Å². The summed E-state index contributed by atoms with van der Waals surface area (Å²) < 4.78 is 5.70. The summed E-state index contributed by atoms with van der Waals surface area (Å²) >= 11 is 6.64. The summed E-state index contributed by atoms with van der Waals surface area (Å²) in [6.45, 7) is 1.87. The molecule has 1 saturated carbocycles. The second kappa shape index (κ2) is 9.41. The molecule has 170 valence electrons. The summed E-state index contributed by atoms with van der Waals surface area (Å²) in [5.41, 5.74) is 2.75. The Morgan fingerprint density at radius 3 is 2.67 bits per heavy atom. The molecule has 2 aromatic rings. The van der Waals surface area contributed by atoms with Gasteiger partial charge in [0.15, 0.2) is 17.1 Å². The van der Waals surface area contributed by atoms with Gasteiger partial charge in [0.1, 0.15) is 5.57 Å². The van der Waals surface area contributed by atoms with Gasteiger partial charge in [-0.3, -0.25) is 4.79 Å². The van der Waals surface area contributed by atoms with E-state index < -0.39 is 11.6 Å². The van der Waals surface area contributed by atoms with Crippen molar-refractivity contribution in [3.05, 3.63) is 63.9 Å². The first-order valence-electron chi connectivity index (χ1n) is 11.3. The van der Waals surface area contributed by atoms with Crippen molar-refractivity contribution in [3.8, 4) is 17.2 Å². The molecule has 33 heavy (non-hydrogen) atoms. The molecule has 0 atom stereocenters. The Balaban J connectivity index is 1.68. The van der Waals surface area contributed by atoms with Crippen LogP contribution in [0, 0.1) is 18.3 Å². The van der Waals surface area contributed by atoms with Crippen LogP contribution in [0.2, 0.25) is 5.02 Å². The Bertz CT molecular complexity index is 1190. The molecule has 0 unspecified atom stereocenters. The molecule has 0 radical (unpaired) electrons. The Labute approximate surface area is 198 Å². The first-order chi connectivity index (χ1) is 15.9. The van der Waals surface area contributed by atoms with Gasteiger partial charge in [-0.25, -0.2) is 4.79 Å². The third kappa shape index (κ3) is 4.41. The minimum atomic E-state index is -0.900. The van der Waals surface area contributed by atoms with E-state index in [4.69, 9.17) is 21.6 Å². The lowest BCUT2D eigenvalue weighted by Gasteiger charge is -2.31. The van der Waals surface area contributed by atoms with Crippen molar-refractivity contribution < 1.29 is 19.4 Å². The largest absolute Gasteiger partial charge is 0.507 e. The molecule has 1 spiro atoms. The summed E-state index contributed by atoms with van der Waals surface area (Å²) in [5, 5.41) is 20.1. The molecule has 0 aromatic heterocycles. The van der Waals surface area contributed by atoms with Gasteiger partial charge < -0.3 is 9.84 Å². The van der Waals surface area contributed by atoms with Gasteiger partial charge >= 0.3 is 5.97 Å². The molecule has 1 heterocycles. The number of hydrogen-bond acceptors (Lipinski definition) is 5. The van der Waals surface area contributed by atoms with Crippen molar-refractivity contribution in [2.45, 2.75) is 63.9 Å². The van der Waals surface area contributed by atoms with Crippen LogP contribution in [-0.4, -0.2) is 22.5 Å². The van der Waals surface area contributed by atoms with E-state index in [0.29, 0.717) is 48.3 Å². The van der Waals surface area contributed by atoms with Crippen LogP contribution in [0.25, 0.3) is 16.7 Å². The van der Waals surface area contributed by atoms with E-state index in [1.807, 2.05) is 25.1 Å². The lowest BCUT2D eigenvalue weighted by Crippen LogP contribution is -2.34. The van der Waals surface area contributed by atoms with Crippen LogP contribution < -0.4 is 0 Å². The number of esters is 1. The van der Waals surface area contributed by atoms with Crippen LogP contribution in [0.15, 0.2) is 42.2 Å². The fourth-order valence-electron chi connectivity index (χ4n) is 4.81. The predicted molar refractivity (Wildman–Crippen MR) is 127 cm³/mol.